The lowest BCUT2D eigenvalue weighted by molar-refractivity contribution is 0.0509. The summed E-state index contributed by atoms with van der Waals surface area (Å²) in [7, 11) is 1.91. The van der Waals surface area contributed by atoms with E-state index in [9.17, 15) is 9.59 Å². The van der Waals surface area contributed by atoms with Crippen molar-refractivity contribution >= 4 is 39.9 Å². The third-order valence-electron chi connectivity index (χ3n) is 9.56. The zero-order chi connectivity index (χ0) is 30.4. The minimum absolute atomic E-state index is 0.00461. The van der Waals surface area contributed by atoms with Crippen LogP contribution in [0.4, 0.5) is 5.69 Å². The lowest BCUT2D eigenvalue weighted by Gasteiger charge is -2.42. The van der Waals surface area contributed by atoms with Crippen LogP contribution in [-0.2, 0) is 13.1 Å². The second-order valence-electron chi connectivity index (χ2n) is 12.1. The van der Waals surface area contributed by atoms with E-state index in [-0.39, 0.29) is 17.4 Å². The number of amides is 2. The van der Waals surface area contributed by atoms with Gasteiger partial charge in [0.25, 0.3) is 11.8 Å². The largest absolute Gasteiger partial charge is 0.335 e. The predicted octanol–water partition coefficient (Wildman–Crippen LogP) is 7.38. The minimum Gasteiger partial charge on any atom is -0.335 e. The van der Waals surface area contributed by atoms with Gasteiger partial charge in [-0.2, -0.15) is 0 Å². The molecule has 0 atom stereocenters. The van der Waals surface area contributed by atoms with Crippen molar-refractivity contribution in [2.45, 2.75) is 38.4 Å². The summed E-state index contributed by atoms with van der Waals surface area (Å²) in [6, 6.07) is 32.0. The number of carbonyl (C=O) groups is 2. The molecule has 7 rings (SSSR count). The number of para-hydroxylation sites is 1. The van der Waals surface area contributed by atoms with Gasteiger partial charge in [0, 0.05) is 24.0 Å². The molecule has 1 N–H and O–H groups in total. The standard InChI is InChI=1S/C37H35ClN4O2/c1-37(18-20-39-21-19-37)40(2)36(44)34-17-15-28-24-42(33-13-6-4-9-27(33)23-41(28)34)35(43)31-16-14-26(22-32(31)38)30-12-7-10-25-8-3-5-11-29(25)30/h3-17,22,39H,18-21,23-24H2,1-2H3. The van der Waals surface area contributed by atoms with Gasteiger partial charge in [0.15, 0.2) is 0 Å². The van der Waals surface area contributed by atoms with Gasteiger partial charge in [-0.05, 0) is 90.6 Å². The average molecular weight is 603 g/mol. The molecular weight excluding hydrogens is 568 g/mol. The number of rotatable bonds is 4. The maximum absolute atomic E-state index is 14.3. The van der Waals surface area contributed by atoms with Gasteiger partial charge in [0.1, 0.15) is 5.69 Å². The van der Waals surface area contributed by atoms with Crippen molar-refractivity contribution in [1.29, 1.82) is 0 Å². The van der Waals surface area contributed by atoms with Crippen molar-refractivity contribution in [3.8, 4) is 11.1 Å². The smallest absolute Gasteiger partial charge is 0.270 e. The summed E-state index contributed by atoms with van der Waals surface area (Å²) in [6.07, 6.45) is 1.82. The first kappa shape index (κ1) is 28.4. The molecule has 2 aliphatic rings. The molecule has 4 aromatic carbocycles. The highest BCUT2D eigenvalue weighted by Gasteiger charge is 2.36. The molecule has 7 heteroatoms. The number of benzene rings is 4. The van der Waals surface area contributed by atoms with E-state index in [1.54, 1.807) is 4.90 Å². The molecule has 1 saturated heterocycles. The van der Waals surface area contributed by atoms with Crippen LogP contribution in [-0.4, -0.2) is 47.0 Å². The number of hydrogen-bond donors (Lipinski definition) is 1. The van der Waals surface area contributed by atoms with Crippen LogP contribution in [0.2, 0.25) is 5.02 Å². The van der Waals surface area contributed by atoms with Crippen LogP contribution in [0.15, 0.2) is 97.1 Å². The Hall–Kier alpha value is -4.39. The molecule has 6 nitrogen and oxygen atoms in total. The molecule has 0 bridgehead atoms. The fourth-order valence-corrected chi connectivity index (χ4v) is 6.99. The molecule has 1 fully saturated rings. The van der Waals surface area contributed by atoms with Crippen LogP contribution in [0.3, 0.4) is 0 Å². The molecule has 222 valence electrons. The number of anilines is 1. The Kier molecular flexibility index (Phi) is 7.27. The van der Waals surface area contributed by atoms with E-state index >= 15 is 0 Å². The first-order chi connectivity index (χ1) is 21.3. The van der Waals surface area contributed by atoms with E-state index in [4.69, 9.17) is 11.6 Å². The molecule has 0 radical (unpaired) electrons. The lowest BCUT2D eigenvalue weighted by Crippen LogP contribution is -2.53. The Labute approximate surface area is 262 Å². The topological polar surface area (TPSA) is 57.6 Å². The van der Waals surface area contributed by atoms with Crippen LogP contribution in [0.25, 0.3) is 21.9 Å². The highest BCUT2D eigenvalue weighted by atomic mass is 35.5. The van der Waals surface area contributed by atoms with Gasteiger partial charge < -0.3 is 19.7 Å². The van der Waals surface area contributed by atoms with Gasteiger partial charge in [0.05, 0.1) is 23.7 Å². The lowest BCUT2D eigenvalue weighted by atomic mass is 9.88. The predicted molar refractivity (Wildman–Crippen MR) is 177 cm³/mol. The van der Waals surface area contributed by atoms with Crippen LogP contribution in [0, 0.1) is 0 Å². The highest BCUT2D eigenvalue weighted by Crippen LogP contribution is 2.35. The Bertz CT molecular complexity index is 1900. The molecule has 0 saturated carbocycles. The number of nitrogens with one attached hydrogen (secondary N) is 1. The van der Waals surface area contributed by atoms with Gasteiger partial charge in [-0.15, -0.1) is 0 Å². The van der Waals surface area contributed by atoms with Crippen molar-refractivity contribution in [2.24, 2.45) is 0 Å². The Balaban J connectivity index is 1.22. The molecule has 2 aliphatic heterocycles. The summed E-state index contributed by atoms with van der Waals surface area (Å²) in [5.41, 5.74) is 5.63. The van der Waals surface area contributed by atoms with Gasteiger partial charge >= 0.3 is 0 Å². The van der Waals surface area contributed by atoms with Crippen LogP contribution in [0.1, 0.15) is 51.9 Å². The van der Waals surface area contributed by atoms with E-state index in [0.29, 0.717) is 29.4 Å². The number of fused-ring (bicyclic) bond motifs is 3. The number of halogens is 1. The van der Waals surface area contributed by atoms with Crippen molar-refractivity contribution in [2.75, 3.05) is 25.0 Å². The third-order valence-corrected chi connectivity index (χ3v) is 9.87. The molecule has 5 aromatic rings. The molecule has 0 unspecified atom stereocenters. The Morgan fingerprint density at radius 1 is 0.864 bits per heavy atom. The third kappa shape index (κ3) is 4.88. The number of aromatic nitrogens is 1. The van der Waals surface area contributed by atoms with Crippen LogP contribution >= 0.6 is 11.6 Å². The summed E-state index contributed by atoms with van der Waals surface area (Å²) < 4.78 is 2.07. The Morgan fingerprint density at radius 2 is 1.61 bits per heavy atom. The minimum atomic E-state index is -0.202. The summed E-state index contributed by atoms with van der Waals surface area (Å²) >= 11 is 6.87. The van der Waals surface area contributed by atoms with Gasteiger partial charge in [-0.1, -0.05) is 78.3 Å². The van der Waals surface area contributed by atoms with E-state index < -0.39 is 0 Å². The summed E-state index contributed by atoms with van der Waals surface area (Å²) in [5, 5.41) is 6.10. The molecule has 3 heterocycles. The quantitative estimate of drug-likeness (QED) is 0.233. The zero-order valence-electron chi connectivity index (χ0n) is 25.0. The first-order valence-corrected chi connectivity index (χ1v) is 15.6. The van der Waals surface area contributed by atoms with E-state index in [2.05, 4.69) is 41.1 Å². The highest BCUT2D eigenvalue weighted by molar-refractivity contribution is 6.35. The normalized spacial score (nSPS) is 15.8. The van der Waals surface area contributed by atoms with Crippen molar-refractivity contribution in [3.63, 3.8) is 0 Å². The second-order valence-corrected chi connectivity index (χ2v) is 12.6. The second kappa shape index (κ2) is 11.3. The SMILES string of the molecule is CN(C(=O)c1ccc2n1Cc1ccccc1N(C(=O)c1ccc(-c3cccc4ccccc34)cc1Cl)C2)C1(C)CCNCC1. The van der Waals surface area contributed by atoms with Gasteiger partial charge in [-0.25, -0.2) is 0 Å². The number of piperidine rings is 1. The zero-order valence-corrected chi connectivity index (χ0v) is 25.8. The molecular formula is C37H35ClN4O2. The van der Waals surface area contributed by atoms with Crippen LogP contribution < -0.4 is 10.2 Å². The maximum Gasteiger partial charge on any atom is 0.270 e. The van der Waals surface area contributed by atoms with E-state index in [0.717, 1.165) is 64.8 Å². The molecule has 2 amide bonds. The fourth-order valence-electron chi connectivity index (χ4n) is 6.72. The number of hydrogen-bond acceptors (Lipinski definition) is 3. The van der Waals surface area contributed by atoms with Gasteiger partial charge in [0.2, 0.25) is 0 Å². The van der Waals surface area contributed by atoms with Crippen molar-refractivity contribution in [3.05, 3.63) is 125 Å². The first-order valence-electron chi connectivity index (χ1n) is 15.2. The number of carbonyl (C=O) groups excluding carboxylic acids is 2. The summed E-state index contributed by atoms with van der Waals surface area (Å²) in [5.74, 6) is -0.168. The number of nitrogens with zero attached hydrogens (tertiary/aromatic N) is 3. The average Bonchev–Trinajstić information content (AvgIpc) is 3.36. The summed E-state index contributed by atoms with van der Waals surface area (Å²) in [6.45, 7) is 4.80. The molecule has 0 aliphatic carbocycles. The van der Waals surface area contributed by atoms with Crippen LogP contribution in [0.5, 0.6) is 0 Å². The van der Waals surface area contributed by atoms with E-state index in [1.165, 1.54) is 0 Å². The Morgan fingerprint density at radius 3 is 2.43 bits per heavy atom. The summed E-state index contributed by atoms with van der Waals surface area (Å²) in [4.78, 5) is 31.9. The monoisotopic (exact) mass is 602 g/mol. The van der Waals surface area contributed by atoms with Gasteiger partial charge in [-0.3, -0.25) is 9.59 Å². The van der Waals surface area contributed by atoms with Crippen molar-refractivity contribution < 1.29 is 9.59 Å². The molecule has 1 aromatic heterocycles. The van der Waals surface area contributed by atoms with E-state index in [1.807, 2.05) is 84.7 Å². The van der Waals surface area contributed by atoms with Crippen molar-refractivity contribution in [1.82, 2.24) is 14.8 Å². The fraction of sp³-hybridized carbons (Fsp3) is 0.243. The molecule has 0 spiro atoms. The maximum atomic E-state index is 14.3. The molecule has 44 heavy (non-hydrogen) atoms.